The molecule has 0 aliphatic rings. The number of hydrogen-bond acceptors (Lipinski definition) is 4. The number of anilines is 1. The van der Waals surface area contributed by atoms with Crippen LogP contribution in [0.1, 0.15) is 25.3 Å². The second-order valence-electron chi connectivity index (χ2n) is 6.16. The van der Waals surface area contributed by atoms with E-state index in [1.54, 1.807) is 0 Å². The van der Waals surface area contributed by atoms with Crippen molar-refractivity contribution in [1.82, 2.24) is 0 Å². The zero-order valence-corrected chi connectivity index (χ0v) is 15.7. The number of benzene rings is 2. The maximum Gasteiger partial charge on any atom is 0.122 e. The van der Waals surface area contributed by atoms with E-state index in [4.69, 9.17) is 4.74 Å². The summed E-state index contributed by atoms with van der Waals surface area (Å²) in [4.78, 5) is 1.96. The largest absolute Gasteiger partial charge is 0.491 e. The zero-order valence-electron chi connectivity index (χ0n) is 14.8. The minimum atomic E-state index is -0.642. The third kappa shape index (κ3) is 6.58. The summed E-state index contributed by atoms with van der Waals surface area (Å²) in [5.74, 6) is 1.19. The normalized spacial score (nSPS) is 11.7. The molecule has 0 aliphatic heterocycles. The van der Waals surface area contributed by atoms with E-state index in [0.717, 1.165) is 17.0 Å². The summed E-state index contributed by atoms with van der Waals surface area (Å²) in [6.07, 6.45) is -0.642. The molecule has 0 heterocycles. The number of para-hydroxylation sites is 2. The number of halogens is 1. The van der Waals surface area contributed by atoms with Crippen LogP contribution in [-0.4, -0.2) is 42.6 Å². The number of rotatable bonds is 9. The van der Waals surface area contributed by atoms with Gasteiger partial charge >= 0.3 is 0 Å². The van der Waals surface area contributed by atoms with Crippen molar-refractivity contribution in [1.29, 1.82) is 0 Å². The van der Waals surface area contributed by atoms with Crippen molar-refractivity contribution in [2.45, 2.75) is 25.9 Å². The zero-order chi connectivity index (χ0) is 17.4. The summed E-state index contributed by atoms with van der Waals surface area (Å²) in [7, 11) is 0. The molecule has 138 valence electrons. The van der Waals surface area contributed by atoms with Gasteiger partial charge in [-0.05, 0) is 29.7 Å². The highest BCUT2D eigenvalue weighted by Crippen LogP contribution is 2.26. The Morgan fingerprint density at radius 1 is 1.00 bits per heavy atom. The molecule has 0 saturated heterocycles. The Hall–Kier alpha value is -1.75. The lowest BCUT2D eigenvalue weighted by molar-refractivity contribution is 0.110. The van der Waals surface area contributed by atoms with E-state index in [9.17, 15) is 10.2 Å². The average Bonchev–Trinajstić information content (AvgIpc) is 2.60. The Morgan fingerprint density at radius 2 is 1.64 bits per heavy atom. The first-order chi connectivity index (χ1) is 11.6. The van der Waals surface area contributed by atoms with Crippen LogP contribution < -0.4 is 9.64 Å². The second kappa shape index (κ2) is 11.0. The first-order valence-corrected chi connectivity index (χ1v) is 8.42. The summed E-state index contributed by atoms with van der Waals surface area (Å²) >= 11 is 0. The smallest absolute Gasteiger partial charge is 0.122 e. The van der Waals surface area contributed by atoms with E-state index in [0.29, 0.717) is 19.0 Å². The van der Waals surface area contributed by atoms with Gasteiger partial charge in [-0.2, -0.15) is 0 Å². The summed E-state index contributed by atoms with van der Waals surface area (Å²) in [5.41, 5.74) is 2.12. The molecule has 0 aliphatic carbocycles. The number of nitrogens with zero attached hydrogens (tertiary/aromatic N) is 1. The molecule has 2 rings (SSSR count). The Balaban J connectivity index is 0.00000312. The minimum absolute atomic E-state index is 0. The van der Waals surface area contributed by atoms with Crippen molar-refractivity contribution in [2.75, 3.05) is 31.2 Å². The third-order valence-corrected chi connectivity index (χ3v) is 3.89. The molecule has 2 N–H and O–H groups in total. The fraction of sp³-hybridized carbons (Fsp3) is 0.400. The summed E-state index contributed by atoms with van der Waals surface area (Å²) < 4.78 is 5.84. The summed E-state index contributed by atoms with van der Waals surface area (Å²) in [6, 6.07) is 17.7. The molecule has 0 spiro atoms. The third-order valence-electron chi connectivity index (χ3n) is 3.89. The van der Waals surface area contributed by atoms with Crippen molar-refractivity contribution in [3.05, 3.63) is 60.2 Å². The lowest BCUT2D eigenvalue weighted by atomic mass is 10.0. The van der Waals surface area contributed by atoms with Crippen LogP contribution >= 0.6 is 12.4 Å². The average molecular weight is 366 g/mol. The van der Waals surface area contributed by atoms with Crippen LogP contribution in [-0.2, 0) is 0 Å². The van der Waals surface area contributed by atoms with Gasteiger partial charge in [0.15, 0.2) is 0 Å². The standard InChI is InChI=1S/C20H27NO3.ClH/c1-16(2)19-10-6-7-11-20(19)24-15-18(23)14-21(12-13-22)17-8-4-3-5-9-17;/h3-11,16,18,22-23H,12-15H2,1-2H3;1H. The van der Waals surface area contributed by atoms with E-state index in [1.807, 2.05) is 53.4 Å². The summed E-state index contributed by atoms with van der Waals surface area (Å²) in [5, 5.41) is 19.6. The van der Waals surface area contributed by atoms with E-state index in [-0.39, 0.29) is 25.6 Å². The maximum absolute atomic E-state index is 10.4. The van der Waals surface area contributed by atoms with Gasteiger partial charge in [0.05, 0.1) is 6.61 Å². The first-order valence-electron chi connectivity index (χ1n) is 8.42. The maximum atomic E-state index is 10.4. The molecule has 0 amide bonds. The fourth-order valence-electron chi connectivity index (χ4n) is 2.67. The van der Waals surface area contributed by atoms with Crippen LogP contribution in [0.15, 0.2) is 54.6 Å². The topological polar surface area (TPSA) is 52.9 Å². The van der Waals surface area contributed by atoms with Gasteiger partial charge < -0.3 is 19.8 Å². The van der Waals surface area contributed by atoms with Crippen molar-refractivity contribution < 1.29 is 14.9 Å². The number of aliphatic hydroxyl groups excluding tert-OH is 2. The molecule has 25 heavy (non-hydrogen) atoms. The monoisotopic (exact) mass is 365 g/mol. The molecule has 5 heteroatoms. The van der Waals surface area contributed by atoms with Crippen LogP contribution in [0, 0.1) is 0 Å². The van der Waals surface area contributed by atoms with Crippen molar-refractivity contribution >= 4 is 18.1 Å². The number of ether oxygens (including phenoxy) is 1. The van der Waals surface area contributed by atoms with Crippen LogP contribution in [0.25, 0.3) is 0 Å². The molecule has 1 unspecified atom stereocenters. The summed E-state index contributed by atoms with van der Waals surface area (Å²) in [6.45, 7) is 5.39. The fourth-order valence-corrected chi connectivity index (χ4v) is 2.67. The van der Waals surface area contributed by atoms with Gasteiger partial charge in [-0.1, -0.05) is 50.2 Å². The molecule has 2 aromatic rings. The van der Waals surface area contributed by atoms with E-state index >= 15 is 0 Å². The van der Waals surface area contributed by atoms with Crippen LogP contribution in [0.3, 0.4) is 0 Å². The lowest BCUT2D eigenvalue weighted by Gasteiger charge is -2.27. The van der Waals surface area contributed by atoms with Gasteiger partial charge in [0.2, 0.25) is 0 Å². The SMILES string of the molecule is CC(C)c1ccccc1OCC(O)CN(CCO)c1ccccc1.Cl. The van der Waals surface area contributed by atoms with Gasteiger partial charge in [-0.25, -0.2) is 0 Å². The quantitative estimate of drug-likeness (QED) is 0.714. The van der Waals surface area contributed by atoms with Crippen LogP contribution in [0.4, 0.5) is 5.69 Å². The van der Waals surface area contributed by atoms with E-state index in [2.05, 4.69) is 19.9 Å². The Morgan fingerprint density at radius 3 is 2.28 bits per heavy atom. The molecule has 1 atom stereocenters. The van der Waals surface area contributed by atoms with Gasteiger partial charge in [-0.15, -0.1) is 12.4 Å². The van der Waals surface area contributed by atoms with Crippen LogP contribution in [0.2, 0.25) is 0 Å². The highest BCUT2D eigenvalue weighted by Gasteiger charge is 2.14. The molecule has 2 aromatic carbocycles. The van der Waals surface area contributed by atoms with Gasteiger partial charge in [0, 0.05) is 18.8 Å². The second-order valence-corrected chi connectivity index (χ2v) is 6.16. The highest BCUT2D eigenvalue weighted by atomic mass is 35.5. The molecule has 0 radical (unpaired) electrons. The van der Waals surface area contributed by atoms with Gasteiger partial charge in [0.1, 0.15) is 18.5 Å². The molecule has 0 fully saturated rings. The Bertz CT molecular complexity index is 607. The van der Waals surface area contributed by atoms with Gasteiger partial charge in [0.25, 0.3) is 0 Å². The Kier molecular flexibility index (Phi) is 9.35. The first kappa shape index (κ1) is 21.3. The molecule has 0 aromatic heterocycles. The number of aliphatic hydroxyl groups is 2. The van der Waals surface area contributed by atoms with E-state index < -0.39 is 6.10 Å². The van der Waals surface area contributed by atoms with Crippen LogP contribution in [0.5, 0.6) is 5.75 Å². The molecular weight excluding hydrogens is 338 g/mol. The van der Waals surface area contributed by atoms with E-state index in [1.165, 1.54) is 0 Å². The van der Waals surface area contributed by atoms with Gasteiger partial charge in [-0.3, -0.25) is 0 Å². The molecule has 0 saturated carbocycles. The number of hydrogen-bond donors (Lipinski definition) is 2. The lowest BCUT2D eigenvalue weighted by Crippen LogP contribution is -2.37. The van der Waals surface area contributed by atoms with Crippen molar-refractivity contribution in [2.24, 2.45) is 0 Å². The van der Waals surface area contributed by atoms with Crippen molar-refractivity contribution in [3.8, 4) is 5.75 Å². The molecule has 0 bridgehead atoms. The molecule has 4 nitrogen and oxygen atoms in total. The molecular formula is C20H28ClNO3. The minimum Gasteiger partial charge on any atom is -0.491 e. The predicted molar refractivity (Wildman–Crippen MR) is 105 cm³/mol. The van der Waals surface area contributed by atoms with Crippen molar-refractivity contribution in [3.63, 3.8) is 0 Å². The Labute approximate surface area is 156 Å². The predicted octanol–water partition coefficient (Wildman–Crippen LogP) is 3.47. The highest BCUT2D eigenvalue weighted by molar-refractivity contribution is 5.85.